The highest BCUT2D eigenvalue weighted by molar-refractivity contribution is 5.94. The number of ether oxygens (including phenoxy) is 1. The van der Waals surface area contributed by atoms with Gasteiger partial charge in [-0.15, -0.1) is 0 Å². The van der Waals surface area contributed by atoms with Gasteiger partial charge in [-0.1, -0.05) is 30.3 Å². The highest BCUT2D eigenvalue weighted by Crippen LogP contribution is 2.24. The molecule has 0 aliphatic carbocycles. The maximum Gasteiger partial charge on any atom is 0.309 e. The van der Waals surface area contributed by atoms with E-state index >= 15 is 0 Å². The number of hydrogen-bond acceptors (Lipinski definition) is 5. The highest BCUT2D eigenvalue weighted by Gasteiger charge is 2.32. The zero-order chi connectivity index (χ0) is 24.1. The Morgan fingerprint density at radius 3 is 2.47 bits per heavy atom. The minimum Gasteiger partial charge on any atom is -0.492 e. The summed E-state index contributed by atoms with van der Waals surface area (Å²) >= 11 is 0. The molecule has 0 atom stereocenters. The number of carboxylic acid groups (broad SMARTS) is 1. The molecular formula is C27H30N2O5. The van der Waals surface area contributed by atoms with E-state index in [4.69, 9.17) is 14.3 Å². The van der Waals surface area contributed by atoms with E-state index in [1.807, 2.05) is 79.4 Å². The summed E-state index contributed by atoms with van der Waals surface area (Å²) in [6.07, 6.45) is 1.63. The number of likely N-dealkylation sites (tertiary alicyclic amines) is 1. The van der Waals surface area contributed by atoms with Crippen molar-refractivity contribution in [2.24, 2.45) is 5.92 Å². The first-order chi connectivity index (χ1) is 16.4. The van der Waals surface area contributed by atoms with Gasteiger partial charge < -0.3 is 19.2 Å². The van der Waals surface area contributed by atoms with Crippen LogP contribution in [-0.2, 0) is 11.3 Å². The van der Waals surface area contributed by atoms with E-state index in [1.165, 1.54) is 0 Å². The highest BCUT2D eigenvalue weighted by atomic mass is 16.5. The maximum absolute atomic E-state index is 13.3. The van der Waals surface area contributed by atoms with E-state index in [1.54, 1.807) is 6.26 Å². The number of amides is 1. The Hall–Kier alpha value is -3.58. The van der Waals surface area contributed by atoms with E-state index < -0.39 is 5.97 Å². The van der Waals surface area contributed by atoms with Crippen LogP contribution in [0.5, 0.6) is 5.75 Å². The first-order valence-corrected chi connectivity index (χ1v) is 11.5. The second-order valence-electron chi connectivity index (χ2n) is 8.83. The third kappa shape index (κ3) is 5.48. The van der Waals surface area contributed by atoms with Gasteiger partial charge in [0.2, 0.25) is 0 Å². The van der Waals surface area contributed by atoms with Crippen LogP contribution in [0.1, 0.15) is 29.8 Å². The molecule has 0 bridgehead atoms. The summed E-state index contributed by atoms with van der Waals surface area (Å²) in [5, 5.41) is 9.01. The van der Waals surface area contributed by atoms with Crippen molar-refractivity contribution in [2.45, 2.75) is 26.4 Å². The molecule has 7 heteroatoms. The molecule has 0 radical (unpaired) electrons. The molecule has 34 heavy (non-hydrogen) atoms. The lowest BCUT2D eigenvalue weighted by Crippen LogP contribution is -2.51. The largest absolute Gasteiger partial charge is 0.492 e. The number of rotatable bonds is 10. The van der Waals surface area contributed by atoms with Gasteiger partial charge in [0.1, 0.15) is 18.1 Å². The Balaban J connectivity index is 1.39. The average molecular weight is 463 g/mol. The Kier molecular flexibility index (Phi) is 7.33. The summed E-state index contributed by atoms with van der Waals surface area (Å²) in [6.45, 7) is 6.70. The van der Waals surface area contributed by atoms with Gasteiger partial charge in [-0.05, 0) is 44.2 Å². The van der Waals surface area contributed by atoms with Crippen LogP contribution in [0.4, 0.5) is 0 Å². The van der Waals surface area contributed by atoms with Gasteiger partial charge in [0, 0.05) is 48.9 Å². The lowest BCUT2D eigenvalue weighted by Gasteiger charge is -2.36. The molecule has 1 saturated heterocycles. The smallest absolute Gasteiger partial charge is 0.309 e. The Labute approximate surface area is 199 Å². The second kappa shape index (κ2) is 10.6. The number of hydrogen-bond donors (Lipinski definition) is 1. The summed E-state index contributed by atoms with van der Waals surface area (Å²) in [5.74, 6) is 0.450. The van der Waals surface area contributed by atoms with Crippen LogP contribution in [-0.4, -0.2) is 59.1 Å². The van der Waals surface area contributed by atoms with Gasteiger partial charge >= 0.3 is 5.97 Å². The van der Waals surface area contributed by atoms with Crippen molar-refractivity contribution in [1.82, 2.24) is 9.80 Å². The van der Waals surface area contributed by atoms with Crippen molar-refractivity contribution in [3.63, 3.8) is 0 Å². The molecule has 1 N–H and O–H groups in total. The fourth-order valence-corrected chi connectivity index (χ4v) is 4.03. The maximum atomic E-state index is 13.3. The van der Waals surface area contributed by atoms with Crippen molar-refractivity contribution < 1.29 is 23.8 Å². The molecule has 4 rings (SSSR count). The second-order valence-corrected chi connectivity index (χ2v) is 8.83. The third-order valence-electron chi connectivity index (χ3n) is 6.11. The van der Waals surface area contributed by atoms with Crippen LogP contribution in [0.25, 0.3) is 11.3 Å². The van der Waals surface area contributed by atoms with Gasteiger partial charge in [0.05, 0.1) is 12.2 Å². The predicted octanol–water partition coefficient (Wildman–Crippen LogP) is 4.39. The summed E-state index contributed by atoms with van der Waals surface area (Å²) in [5.41, 5.74) is 2.48. The molecule has 2 heterocycles. The summed E-state index contributed by atoms with van der Waals surface area (Å²) < 4.78 is 11.5. The SMILES string of the molecule is CC(C)N(Cc1ccccc1OCCN1CC(C(=O)O)C1)C(=O)c1ccc(-c2ccco2)cc1. The van der Waals surface area contributed by atoms with E-state index in [-0.39, 0.29) is 17.9 Å². The van der Waals surface area contributed by atoms with Crippen LogP contribution in [0.2, 0.25) is 0 Å². The van der Waals surface area contributed by atoms with Gasteiger partial charge in [-0.2, -0.15) is 0 Å². The number of benzene rings is 2. The van der Waals surface area contributed by atoms with Gasteiger partial charge in [0.15, 0.2) is 0 Å². The molecule has 1 aliphatic rings. The number of carbonyl (C=O) groups is 2. The van der Waals surface area contributed by atoms with Gasteiger partial charge in [-0.3, -0.25) is 14.5 Å². The zero-order valence-electron chi connectivity index (χ0n) is 19.5. The first kappa shape index (κ1) is 23.6. The van der Waals surface area contributed by atoms with Crippen molar-refractivity contribution in [3.05, 3.63) is 78.1 Å². The number of carbonyl (C=O) groups excluding carboxylic acids is 1. The summed E-state index contributed by atoms with van der Waals surface area (Å²) in [4.78, 5) is 28.2. The molecule has 1 aliphatic heterocycles. The number of aliphatic carboxylic acids is 1. The standard InChI is InChI=1S/C27H30N2O5/c1-19(2)29(26(30)21-11-9-20(10-12-21)24-8-5-14-33-24)18-22-6-3-4-7-25(22)34-15-13-28-16-23(17-28)27(31)32/h3-12,14,19,23H,13,15-18H2,1-2H3,(H,31,32). The predicted molar refractivity (Wildman–Crippen MR) is 129 cm³/mol. The topological polar surface area (TPSA) is 83.2 Å². The van der Waals surface area contributed by atoms with Crippen molar-refractivity contribution in [3.8, 4) is 17.1 Å². The Bertz CT molecular complexity index is 1100. The monoisotopic (exact) mass is 462 g/mol. The zero-order valence-corrected chi connectivity index (χ0v) is 19.5. The molecule has 1 amide bonds. The summed E-state index contributed by atoms with van der Waals surface area (Å²) in [7, 11) is 0. The quantitative estimate of drug-likeness (QED) is 0.481. The number of carboxylic acids is 1. The number of para-hydroxylation sites is 1. The normalized spacial score (nSPS) is 14.1. The molecule has 0 saturated carbocycles. The molecule has 0 spiro atoms. The molecule has 178 valence electrons. The third-order valence-corrected chi connectivity index (χ3v) is 6.11. The van der Waals surface area contributed by atoms with E-state index in [9.17, 15) is 9.59 Å². The van der Waals surface area contributed by atoms with Crippen LogP contribution in [0, 0.1) is 5.92 Å². The van der Waals surface area contributed by atoms with Crippen LogP contribution < -0.4 is 4.74 Å². The van der Waals surface area contributed by atoms with E-state index in [2.05, 4.69) is 4.90 Å². The van der Waals surface area contributed by atoms with Crippen LogP contribution >= 0.6 is 0 Å². The fraction of sp³-hybridized carbons (Fsp3) is 0.333. The van der Waals surface area contributed by atoms with Crippen molar-refractivity contribution >= 4 is 11.9 Å². The van der Waals surface area contributed by atoms with Gasteiger partial charge in [0.25, 0.3) is 5.91 Å². The number of nitrogens with zero attached hydrogens (tertiary/aromatic N) is 2. The van der Waals surface area contributed by atoms with Crippen LogP contribution in [0.3, 0.4) is 0 Å². The lowest BCUT2D eigenvalue weighted by atomic mass is 10.0. The lowest BCUT2D eigenvalue weighted by molar-refractivity contribution is -0.147. The minimum atomic E-state index is -0.739. The first-order valence-electron chi connectivity index (χ1n) is 11.5. The molecule has 0 unspecified atom stereocenters. The Morgan fingerprint density at radius 2 is 1.82 bits per heavy atom. The number of furan rings is 1. The molecule has 3 aromatic rings. The molecular weight excluding hydrogens is 432 g/mol. The molecule has 7 nitrogen and oxygen atoms in total. The Morgan fingerprint density at radius 1 is 1.09 bits per heavy atom. The van der Waals surface area contributed by atoms with E-state index in [0.717, 1.165) is 22.6 Å². The fourth-order valence-electron chi connectivity index (χ4n) is 4.03. The average Bonchev–Trinajstić information content (AvgIpc) is 3.34. The van der Waals surface area contributed by atoms with Gasteiger partial charge in [-0.25, -0.2) is 0 Å². The minimum absolute atomic E-state index is 0.000606. The van der Waals surface area contributed by atoms with Crippen molar-refractivity contribution in [1.29, 1.82) is 0 Å². The van der Waals surface area contributed by atoms with E-state index in [0.29, 0.717) is 38.3 Å². The van der Waals surface area contributed by atoms with Crippen molar-refractivity contribution in [2.75, 3.05) is 26.2 Å². The molecule has 1 fully saturated rings. The molecule has 1 aromatic heterocycles. The molecule has 2 aromatic carbocycles. The van der Waals surface area contributed by atoms with Crippen LogP contribution in [0.15, 0.2) is 71.3 Å². The summed E-state index contributed by atoms with van der Waals surface area (Å²) in [6, 6.07) is 18.9.